The first-order valence-electron chi connectivity index (χ1n) is 9.54. The number of halogens is 2. The monoisotopic (exact) mass is 468 g/mol. The van der Waals surface area contributed by atoms with E-state index in [0.717, 1.165) is 38.6 Å². The smallest absolute Gasteiger partial charge is 0.162 e. The molecule has 31 heavy (non-hydrogen) atoms. The van der Waals surface area contributed by atoms with Crippen molar-refractivity contribution in [1.29, 1.82) is 5.26 Å². The van der Waals surface area contributed by atoms with Gasteiger partial charge in [0.2, 0.25) is 0 Å². The summed E-state index contributed by atoms with van der Waals surface area (Å²) in [4.78, 5) is 9.36. The van der Waals surface area contributed by atoms with Crippen molar-refractivity contribution in [3.05, 3.63) is 75.9 Å². The van der Waals surface area contributed by atoms with Gasteiger partial charge >= 0.3 is 0 Å². The Kier molecular flexibility index (Phi) is 6.67. The third-order valence-corrected chi connectivity index (χ3v) is 6.16. The van der Waals surface area contributed by atoms with Gasteiger partial charge in [-0.3, -0.25) is 0 Å². The number of fused-ring (bicyclic) bond motifs is 1. The molecular weight excluding hydrogens is 451 g/mol. The Morgan fingerprint density at radius 2 is 2.06 bits per heavy atom. The lowest BCUT2D eigenvalue weighted by atomic mass is 10.0. The summed E-state index contributed by atoms with van der Waals surface area (Å²) in [6.07, 6.45) is 2.45. The third kappa shape index (κ3) is 4.96. The van der Waals surface area contributed by atoms with E-state index in [4.69, 9.17) is 38.2 Å². The summed E-state index contributed by atoms with van der Waals surface area (Å²) in [6, 6.07) is 17.1. The maximum absolute atomic E-state index is 8.89. The summed E-state index contributed by atoms with van der Waals surface area (Å²) in [7, 11) is 1.64. The van der Waals surface area contributed by atoms with Crippen LogP contribution in [0.25, 0.3) is 16.6 Å². The average molecular weight is 469 g/mol. The van der Waals surface area contributed by atoms with E-state index in [1.165, 1.54) is 11.8 Å². The Labute approximate surface area is 194 Å². The molecule has 1 aromatic heterocycles. The fourth-order valence-electron chi connectivity index (χ4n) is 3.24. The highest BCUT2D eigenvalue weighted by Crippen LogP contribution is 2.35. The number of aromatic nitrogens is 1. The molecule has 0 fully saturated rings. The van der Waals surface area contributed by atoms with Gasteiger partial charge in [-0.25, -0.2) is 9.98 Å². The molecule has 0 bridgehead atoms. The van der Waals surface area contributed by atoms with Crippen LogP contribution in [0.4, 0.5) is 0 Å². The van der Waals surface area contributed by atoms with Crippen LogP contribution in [0.3, 0.4) is 0 Å². The molecule has 8 heteroatoms. The van der Waals surface area contributed by atoms with Gasteiger partial charge in [-0.2, -0.15) is 5.26 Å². The van der Waals surface area contributed by atoms with Gasteiger partial charge in [0.05, 0.1) is 18.7 Å². The first kappa shape index (κ1) is 21.5. The van der Waals surface area contributed by atoms with Gasteiger partial charge in [0, 0.05) is 39.4 Å². The highest BCUT2D eigenvalue weighted by Gasteiger charge is 2.22. The number of amidine groups is 1. The lowest BCUT2D eigenvalue weighted by Crippen LogP contribution is -2.24. The van der Waals surface area contributed by atoms with Crippen molar-refractivity contribution in [2.75, 3.05) is 12.9 Å². The van der Waals surface area contributed by atoms with E-state index >= 15 is 0 Å². The minimum absolute atomic E-state index is 0.338. The number of pyridine rings is 1. The first-order valence-corrected chi connectivity index (χ1v) is 11.3. The molecule has 2 aromatic carbocycles. The maximum Gasteiger partial charge on any atom is 0.162 e. The summed E-state index contributed by atoms with van der Waals surface area (Å²) >= 11 is 14.2. The second-order valence-electron chi connectivity index (χ2n) is 6.78. The maximum atomic E-state index is 8.89. The zero-order valence-corrected chi connectivity index (χ0v) is 18.9. The van der Waals surface area contributed by atoms with Gasteiger partial charge in [0.25, 0.3) is 0 Å². The van der Waals surface area contributed by atoms with E-state index < -0.39 is 0 Å². The molecule has 1 atom stereocenters. The topological polar surface area (TPSA) is 70.3 Å². The quantitative estimate of drug-likeness (QED) is 0.354. The van der Waals surface area contributed by atoms with Crippen LogP contribution in [-0.4, -0.2) is 23.0 Å². The van der Waals surface area contributed by atoms with E-state index in [9.17, 15) is 0 Å². The molecule has 0 spiro atoms. The molecule has 1 aliphatic rings. The predicted octanol–water partition coefficient (Wildman–Crippen LogP) is 6.24. The highest BCUT2D eigenvalue weighted by molar-refractivity contribution is 8.13. The number of hydrogen-bond acceptors (Lipinski definition) is 6. The number of aliphatic imine (C=N–C) groups is 1. The van der Waals surface area contributed by atoms with Crippen molar-refractivity contribution in [2.24, 2.45) is 4.99 Å². The number of thioether (sulfide) groups is 1. The molecule has 0 saturated heterocycles. The SMILES string of the molecule is COc1cccc(C2=CC(c3cc4cc(Cl)ccc4nc3Cl)N=C(SCCC#N)N2)c1. The summed E-state index contributed by atoms with van der Waals surface area (Å²) < 4.78 is 5.37. The van der Waals surface area contributed by atoms with Crippen LogP contribution in [0.1, 0.15) is 23.6 Å². The first-order chi connectivity index (χ1) is 15.1. The molecule has 0 radical (unpaired) electrons. The minimum Gasteiger partial charge on any atom is -0.497 e. The number of hydrogen-bond donors (Lipinski definition) is 1. The molecule has 1 unspecified atom stereocenters. The Hall–Kier alpha value is -2.72. The van der Waals surface area contributed by atoms with Crippen molar-refractivity contribution < 1.29 is 4.74 Å². The molecule has 1 N–H and O–H groups in total. The molecule has 2 heterocycles. The number of nitrogens with one attached hydrogen (secondary N) is 1. The second-order valence-corrected chi connectivity index (χ2v) is 8.66. The molecule has 156 valence electrons. The van der Waals surface area contributed by atoms with Crippen LogP contribution in [0.15, 0.2) is 59.6 Å². The Morgan fingerprint density at radius 1 is 1.19 bits per heavy atom. The van der Waals surface area contributed by atoms with E-state index in [2.05, 4.69) is 16.4 Å². The standard InChI is InChI=1S/C23H18Cl2N4OS/c1-30-17-5-2-4-14(11-17)20-13-21(29-23(28-20)31-9-3-8-26)18-12-15-10-16(24)6-7-19(15)27-22(18)25/h2,4-7,10-13,21H,3,9H2,1H3,(H,28,29). The summed E-state index contributed by atoms with van der Waals surface area (Å²) in [5.74, 6) is 1.40. The number of benzene rings is 2. The van der Waals surface area contributed by atoms with Crippen LogP contribution < -0.4 is 10.1 Å². The Bertz CT molecular complexity index is 1240. The van der Waals surface area contributed by atoms with Gasteiger partial charge in [-0.05, 0) is 42.5 Å². The van der Waals surface area contributed by atoms with E-state index in [1.54, 1.807) is 13.2 Å². The normalized spacial score (nSPS) is 15.6. The number of rotatable bonds is 5. The number of methoxy groups -OCH3 is 1. The van der Waals surface area contributed by atoms with Crippen molar-refractivity contribution >= 4 is 56.7 Å². The molecule has 0 amide bonds. The van der Waals surface area contributed by atoms with Crippen molar-refractivity contribution in [2.45, 2.75) is 12.5 Å². The van der Waals surface area contributed by atoms with Gasteiger partial charge in [-0.1, -0.05) is 47.1 Å². The molecule has 0 saturated carbocycles. The van der Waals surface area contributed by atoms with E-state index in [-0.39, 0.29) is 6.04 Å². The lowest BCUT2D eigenvalue weighted by Gasteiger charge is -2.23. The highest BCUT2D eigenvalue weighted by atomic mass is 35.5. The lowest BCUT2D eigenvalue weighted by molar-refractivity contribution is 0.414. The fraction of sp³-hybridized carbons (Fsp3) is 0.174. The molecule has 3 aromatic rings. The van der Waals surface area contributed by atoms with Crippen LogP contribution in [-0.2, 0) is 0 Å². The van der Waals surface area contributed by atoms with Crippen LogP contribution >= 0.6 is 35.0 Å². The zero-order chi connectivity index (χ0) is 21.8. The van der Waals surface area contributed by atoms with Crippen LogP contribution in [0.2, 0.25) is 10.2 Å². The third-order valence-electron chi connectivity index (χ3n) is 4.73. The average Bonchev–Trinajstić information content (AvgIpc) is 2.79. The molecule has 1 aliphatic heterocycles. The van der Waals surface area contributed by atoms with E-state index in [0.29, 0.717) is 22.3 Å². The van der Waals surface area contributed by atoms with Gasteiger partial charge in [0.1, 0.15) is 16.9 Å². The second kappa shape index (κ2) is 9.61. The van der Waals surface area contributed by atoms with Crippen molar-refractivity contribution in [1.82, 2.24) is 10.3 Å². The van der Waals surface area contributed by atoms with Crippen molar-refractivity contribution in [3.8, 4) is 11.8 Å². The Morgan fingerprint density at radius 3 is 2.87 bits per heavy atom. The molecule has 0 aliphatic carbocycles. The number of nitriles is 1. The minimum atomic E-state index is -0.338. The van der Waals surface area contributed by atoms with Crippen molar-refractivity contribution in [3.63, 3.8) is 0 Å². The van der Waals surface area contributed by atoms with E-state index in [1.807, 2.05) is 48.5 Å². The molecule has 5 nitrogen and oxygen atoms in total. The van der Waals surface area contributed by atoms with Gasteiger partial charge in [0.15, 0.2) is 5.17 Å². The molecular formula is C23H18Cl2N4OS. The zero-order valence-electron chi connectivity index (χ0n) is 16.6. The van der Waals surface area contributed by atoms with Gasteiger partial charge in [-0.15, -0.1) is 0 Å². The van der Waals surface area contributed by atoms with Gasteiger partial charge < -0.3 is 10.1 Å². The number of nitrogens with zero attached hydrogens (tertiary/aromatic N) is 3. The van der Waals surface area contributed by atoms with Crippen LogP contribution in [0, 0.1) is 11.3 Å². The largest absolute Gasteiger partial charge is 0.497 e. The predicted molar refractivity (Wildman–Crippen MR) is 129 cm³/mol. The molecule has 4 rings (SSSR count). The summed E-state index contributed by atoms with van der Waals surface area (Å²) in [5, 5.41) is 14.9. The fourth-order valence-corrected chi connectivity index (χ4v) is 4.44. The summed E-state index contributed by atoms with van der Waals surface area (Å²) in [5.41, 5.74) is 3.42. The summed E-state index contributed by atoms with van der Waals surface area (Å²) in [6.45, 7) is 0. The number of ether oxygens (including phenoxy) is 1. The Balaban J connectivity index is 1.77. The van der Waals surface area contributed by atoms with Crippen LogP contribution in [0.5, 0.6) is 5.75 Å².